The van der Waals surface area contributed by atoms with Crippen LogP contribution in [-0.4, -0.2) is 49.7 Å². The molecule has 1 saturated heterocycles. The van der Waals surface area contributed by atoms with Crippen LogP contribution in [0.5, 0.6) is 5.75 Å². The van der Waals surface area contributed by atoms with E-state index in [2.05, 4.69) is 59.5 Å². The lowest BCUT2D eigenvalue weighted by atomic mass is 10.1. The topological polar surface area (TPSA) is 48.9 Å². The first-order valence-corrected chi connectivity index (χ1v) is 9.98. The molecule has 6 heteroatoms. The maximum Gasteiger partial charge on any atom is 0.191 e. The molecule has 0 radical (unpaired) electrons. The van der Waals surface area contributed by atoms with Crippen LogP contribution in [0, 0.1) is 11.8 Å². The quantitative estimate of drug-likeness (QED) is 0.352. The lowest BCUT2D eigenvalue weighted by Gasteiger charge is -2.22. The van der Waals surface area contributed by atoms with E-state index in [4.69, 9.17) is 4.74 Å². The Morgan fingerprint density at radius 2 is 2.00 bits per heavy atom. The van der Waals surface area contributed by atoms with Crippen LogP contribution >= 0.6 is 24.0 Å². The maximum atomic E-state index is 6.01. The number of aliphatic imine (C=N–C) groups is 1. The molecule has 1 aromatic carbocycles. The minimum absolute atomic E-state index is 0. The van der Waals surface area contributed by atoms with E-state index in [0.29, 0.717) is 18.0 Å². The molecule has 2 N–H and O–H groups in total. The fraction of sp³-hybridized carbons (Fsp3) is 0.667. The number of halogens is 1. The fourth-order valence-corrected chi connectivity index (χ4v) is 3.45. The van der Waals surface area contributed by atoms with Crippen molar-refractivity contribution in [3.63, 3.8) is 0 Å². The molecular weight excluding hydrogens is 451 g/mol. The van der Waals surface area contributed by atoms with Crippen molar-refractivity contribution in [3.05, 3.63) is 29.8 Å². The summed E-state index contributed by atoms with van der Waals surface area (Å²) in [4.78, 5) is 6.94. The summed E-state index contributed by atoms with van der Waals surface area (Å²) in [6.45, 7) is 10.6. The van der Waals surface area contributed by atoms with Gasteiger partial charge in [0.1, 0.15) is 5.75 Å². The van der Waals surface area contributed by atoms with Crippen molar-refractivity contribution in [3.8, 4) is 5.75 Å². The zero-order valence-corrected chi connectivity index (χ0v) is 19.4. The van der Waals surface area contributed by atoms with Crippen molar-refractivity contribution in [1.29, 1.82) is 0 Å². The van der Waals surface area contributed by atoms with Gasteiger partial charge in [0.05, 0.1) is 6.61 Å². The average molecular weight is 486 g/mol. The molecule has 0 aromatic heterocycles. The molecule has 3 rings (SSSR count). The third kappa shape index (κ3) is 6.52. The van der Waals surface area contributed by atoms with Crippen molar-refractivity contribution in [2.75, 3.05) is 26.7 Å². The van der Waals surface area contributed by atoms with Crippen molar-refractivity contribution in [2.45, 2.75) is 52.2 Å². The summed E-state index contributed by atoms with van der Waals surface area (Å²) >= 11 is 0. The lowest BCUT2D eigenvalue weighted by Crippen LogP contribution is -2.46. The Morgan fingerprint density at radius 1 is 1.26 bits per heavy atom. The Labute approximate surface area is 181 Å². The molecule has 2 atom stereocenters. The second kappa shape index (κ2) is 10.5. The molecule has 1 saturated carbocycles. The van der Waals surface area contributed by atoms with Crippen molar-refractivity contribution < 1.29 is 4.74 Å². The van der Waals surface area contributed by atoms with Gasteiger partial charge in [0.15, 0.2) is 5.96 Å². The van der Waals surface area contributed by atoms with Crippen molar-refractivity contribution in [1.82, 2.24) is 15.5 Å². The normalized spacial score (nSPS) is 23.2. The van der Waals surface area contributed by atoms with Gasteiger partial charge in [-0.05, 0) is 44.6 Å². The lowest BCUT2D eigenvalue weighted by molar-refractivity contribution is 0.265. The number of hydrogen-bond donors (Lipinski definition) is 2. The predicted octanol–water partition coefficient (Wildman–Crippen LogP) is 3.49. The van der Waals surface area contributed by atoms with Gasteiger partial charge in [-0.15, -0.1) is 24.0 Å². The monoisotopic (exact) mass is 486 g/mol. The number of likely N-dealkylation sites (tertiary alicyclic amines) is 1. The van der Waals surface area contributed by atoms with Gasteiger partial charge in [-0.3, -0.25) is 9.89 Å². The molecule has 2 aliphatic rings. The molecule has 2 unspecified atom stereocenters. The van der Waals surface area contributed by atoms with Gasteiger partial charge < -0.3 is 15.4 Å². The molecule has 0 bridgehead atoms. The number of hydrogen-bond acceptors (Lipinski definition) is 3. The van der Waals surface area contributed by atoms with E-state index in [1.54, 1.807) is 0 Å². The van der Waals surface area contributed by atoms with E-state index in [9.17, 15) is 0 Å². The summed E-state index contributed by atoms with van der Waals surface area (Å²) in [6.07, 6.45) is 2.62. The largest absolute Gasteiger partial charge is 0.493 e. The summed E-state index contributed by atoms with van der Waals surface area (Å²) in [7, 11) is 1.84. The Kier molecular flexibility index (Phi) is 8.66. The summed E-state index contributed by atoms with van der Waals surface area (Å²) in [5.41, 5.74) is 1.18. The van der Waals surface area contributed by atoms with E-state index in [0.717, 1.165) is 43.9 Å². The van der Waals surface area contributed by atoms with E-state index < -0.39 is 0 Å². The molecule has 0 spiro atoms. The van der Waals surface area contributed by atoms with Gasteiger partial charge in [-0.2, -0.15) is 0 Å². The molecule has 5 nitrogen and oxygen atoms in total. The van der Waals surface area contributed by atoms with Crippen LogP contribution in [0.25, 0.3) is 0 Å². The average Bonchev–Trinajstić information content (AvgIpc) is 3.39. The molecule has 1 aliphatic heterocycles. The molecule has 0 amide bonds. The van der Waals surface area contributed by atoms with Crippen LogP contribution in [0.1, 0.15) is 39.2 Å². The van der Waals surface area contributed by atoms with Gasteiger partial charge in [-0.1, -0.05) is 25.1 Å². The number of rotatable bonds is 7. The summed E-state index contributed by atoms with van der Waals surface area (Å²) in [5, 5.41) is 7.07. The van der Waals surface area contributed by atoms with E-state index >= 15 is 0 Å². The maximum absolute atomic E-state index is 6.01. The minimum atomic E-state index is 0. The third-order valence-corrected chi connectivity index (χ3v) is 5.51. The summed E-state index contributed by atoms with van der Waals surface area (Å²) in [6, 6.07) is 9.33. The molecule has 2 fully saturated rings. The zero-order chi connectivity index (χ0) is 18.5. The highest BCUT2D eigenvalue weighted by Crippen LogP contribution is 2.30. The number of ether oxygens (including phenoxy) is 1. The number of guanidine groups is 1. The Morgan fingerprint density at radius 3 is 2.63 bits per heavy atom. The number of benzene rings is 1. The predicted molar refractivity (Wildman–Crippen MR) is 123 cm³/mol. The number of nitrogens with zero attached hydrogens (tertiary/aromatic N) is 2. The number of para-hydroxylation sites is 1. The van der Waals surface area contributed by atoms with Crippen LogP contribution in [0.3, 0.4) is 0 Å². The van der Waals surface area contributed by atoms with E-state index in [-0.39, 0.29) is 24.0 Å². The molecule has 1 aliphatic carbocycles. The highest BCUT2D eigenvalue weighted by Gasteiger charge is 2.31. The first-order chi connectivity index (χ1) is 12.6. The summed E-state index contributed by atoms with van der Waals surface area (Å²) < 4.78 is 6.01. The van der Waals surface area contributed by atoms with Crippen LogP contribution in [0.2, 0.25) is 0 Å². The minimum Gasteiger partial charge on any atom is -0.493 e. The molecule has 1 heterocycles. The van der Waals surface area contributed by atoms with Gasteiger partial charge in [0, 0.05) is 44.3 Å². The van der Waals surface area contributed by atoms with Crippen LogP contribution in [0.15, 0.2) is 29.3 Å². The highest BCUT2D eigenvalue weighted by atomic mass is 127. The number of nitrogens with one attached hydrogen (secondary N) is 2. The highest BCUT2D eigenvalue weighted by molar-refractivity contribution is 14.0. The van der Waals surface area contributed by atoms with Crippen LogP contribution in [0.4, 0.5) is 0 Å². The molecule has 27 heavy (non-hydrogen) atoms. The van der Waals surface area contributed by atoms with E-state index in [1.807, 2.05) is 13.1 Å². The van der Waals surface area contributed by atoms with Crippen molar-refractivity contribution >= 4 is 29.9 Å². The molecule has 1 aromatic rings. The van der Waals surface area contributed by atoms with Crippen molar-refractivity contribution in [2.24, 2.45) is 16.8 Å². The smallest absolute Gasteiger partial charge is 0.191 e. The zero-order valence-electron chi connectivity index (χ0n) is 17.1. The third-order valence-electron chi connectivity index (χ3n) is 5.51. The SMILES string of the molecule is CN=C(NCc1ccccc1OCC1CC1)NC1CN(C(C)C)CC1C.I. The van der Waals surface area contributed by atoms with Crippen LogP contribution < -0.4 is 15.4 Å². The Balaban J connectivity index is 0.00000261. The first-order valence-electron chi connectivity index (χ1n) is 9.98. The fourth-order valence-electron chi connectivity index (χ4n) is 3.45. The van der Waals surface area contributed by atoms with E-state index in [1.165, 1.54) is 18.4 Å². The summed E-state index contributed by atoms with van der Waals surface area (Å²) in [5.74, 6) is 3.23. The van der Waals surface area contributed by atoms with Gasteiger partial charge in [-0.25, -0.2) is 0 Å². The second-order valence-electron chi connectivity index (χ2n) is 8.06. The van der Waals surface area contributed by atoms with Gasteiger partial charge in [0.25, 0.3) is 0 Å². The Hall–Kier alpha value is -1.02. The Bertz CT molecular complexity index is 618. The molecular formula is C21H35IN4O. The first kappa shape index (κ1) is 22.3. The standard InChI is InChI=1S/C21H34N4O.HI/c1-15(2)25-12-16(3)19(13-25)24-21(22-4)23-11-18-7-5-6-8-20(18)26-14-17-9-10-17;/h5-8,15-17,19H,9-14H2,1-4H3,(H2,22,23,24);1H. The van der Waals surface area contributed by atoms with Gasteiger partial charge in [0.2, 0.25) is 0 Å². The second-order valence-corrected chi connectivity index (χ2v) is 8.06. The molecule has 152 valence electrons. The van der Waals surface area contributed by atoms with Gasteiger partial charge >= 0.3 is 0 Å². The van der Waals surface area contributed by atoms with Crippen LogP contribution in [-0.2, 0) is 6.54 Å².